The van der Waals surface area contributed by atoms with Gasteiger partial charge in [-0.25, -0.2) is 9.79 Å². The summed E-state index contributed by atoms with van der Waals surface area (Å²) in [6.07, 6.45) is -0.878. The molecule has 2 unspecified atom stereocenters. The third-order valence-corrected chi connectivity index (χ3v) is 4.31. The van der Waals surface area contributed by atoms with Gasteiger partial charge in [-0.15, -0.1) is 0 Å². The van der Waals surface area contributed by atoms with E-state index in [0.717, 1.165) is 0 Å². The highest BCUT2D eigenvalue weighted by molar-refractivity contribution is 6.08. The Balaban J connectivity index is 1.78. The van der Waals surface area contributed by atoms with Crippen molar-refractivity contribution in [1.82, 2.24) is 9.80 Å². The standard InChI is InChI=1S/C14H19N3O7/c18-5-7(20)3-8-13(22)15-11-1-2-16(14(23)17(8)11)12-4-9(21)10(6-19)24-12/h1-2,8-10,12-13,18-19,21-22H,3-6H2/t8?,9-,10+,12+,13?/m0/s1. The molecule has 3 heterocycles. The quantitative estimate of drug-likeness (QED) is 0.442. The molecule has 3 rings (SSSR count). The molecule has 0 bridgehead atoms. The Labute approximate surface area is 137 Å². The first-order valence-electron chi connectivity index (χ1n) is 7.58. The molecule has 3 aliphatic heterocycles. The first-order chi connectivity index (χ1) is 11.5. The topological polar surface area (TPSA) is 143 Å². The molecule has 0 spiro atoms. The Kier molecular flexibility index (Phi) is 4.65. The molecule has 2 amide bonds. The average molecular weight is 341 g/mol. The lowest BCUT2D eigenvalue weighted by Gasteiger charge is -2.35. The van der Waals surface area contributed by atoms with E-state index in [-0.39, 0.29) is 25.3 Å². The molecule has 0 aromatic carbocycles. The Morgan fingerprint density at radius 2 is 2.12 bits per heavy atom. The van der Waals surface area contributed by atoms with Crippen LogP contribution in [0.1, 0.15) is 12.8 Å². The van der Waals surface area contributed by atoms with Crippen LogP contribution in [0.25, 0.3) is 0 Å². The zero-order chi connectivity index (χ0) is 17.4. The fourth-order valence-corrected chi connectivity index (χ4v) is 3.05. The summed E-state index contributed by atoms with van der Waals surface area (Å²) in [5.74, 6) is -0.297. The zero-order valence-electron chi connectivity index (χ0n) is 12.7. The van der Waals surface area contributed by atoms with Gasteiger partial charge in [0.15, 0.2) is 12.0 Å². The highest BCUT2D eigenvalue weighted by Crippen LogP contribution is 2.30. The SMILES string of the molecule is O=C(CO)CC1C(O)N=C2C=CN([C@H]3C[C@H](O)[C@@H](CO)O3)C(=O)N21. The second kappa shape index (κ2) is 6.57. The minimum atomic E-state index is -1.26. The van der Waals surface area contributed by atoms with Crippen LogP contribution in [0.2, 0.25) is 0 Å². The lowest BCUT2D eigenvalue weighted by atomic mass is 10.1. The van der Waals surface area contributed by atoms with Crippen molar-refractivity contribution in [2.24, 2.45) is 4.99 Å². The second-order valence-electron chi connectivity index (χ2n) is 5.86. The highest BCUT2D eigenvalue weighted by Gasteiger charge is 2.46. The molecule has 132 valence electrons. The molecular formula is C14H19N3O7. The van der Waals surface area contributed by atoms with Gasteiger partial charge in [0.25, 0.3) is 0 Å². The van der Waals surface area contributed by atoms with Crippen molar-refractivity contribution in [2.75, 3.05) is 13.2 Å². The van der Waals surface area contributed by atoms with Gasteiger partial charge in [0.2, 0.25) is 0 Å². The maximum absolute atomic E-state index is 12.7. The molecule has 10 heteroatoms. The van der Waals surface area contributed by atoms with Crippen LogP contribution in [0.4, 0.5) is 4.79 Å². The van der Waals surface area contributed by atoms with Crippen molar-refractivity contribution in [3.63, 3.8) is 0 Å². The van der Waals surface area contributed by atoms with E-state index >= 15 is 0 Å². The van der Waals surface area contributed by atoms with Crippen molar-refractivity contribution < 1.29 is 34.8 Å². The predicted octanol–water partition coefficient (Wildman–Crippen LogP) is -2.24. The number of hydrogen-bond acceptors (Lipinski definition) is 8. The highest BCUT2D eigenvalue weighted by atomic mass is 16.5. The van der Waals surface area contributed by atoms with Gasteiger partial charge in [0.05, 0.1) is 18.8 Å². The predicted molar refractivity (Wildman–Crippen MR) is 78.5 cm³/mol. The number of urea groups is 1. The minimum Gasteiger partial charge on any atom is -0.394 e. The van der Waals surface area contributed by atoms with Crippen LogP contribution in [0, 0.1) is 0 Å². The number of ether oxygens (including phenoxy) is 1. The van der Waals surface area contributed by atoms with E-state index in [1.165, 1.54) is 22.1 Å². The Morgan fingerprint density at radius 3 is 2.75 bits per heavy atom. The first-order valence-corrected chi connectivity index (χ1v) is 7.58. The molecule has 24 heavy (non-hydrogen) atoms. The third kappa shape index (κ3) is 2.82. The van der Waals surface area contributed by atoms with Gasteiger partial charge in [-0.1, -0.05) is 0 Å². The summed E-state index contributed by atoms with van der Waals surface area (Å²) in [5, 5.41) is 37.8. The second-order valence-corrected chi connectivity index (χ2v) is 5.86. The molecule has 5 atom stereocenters. The number of rotatable bonds is 5. The smallest absolute Gasteiger partial charge is 0.332 e. The van der Waals surface area contributed by atoms with Gasteiger partial charge < -0.3 is 25.2 Å². The van der Waals surface area contributed by atoms with Crippen LogP contribution in [0.15, 0.2) is 17.3 Å². The summed E-state index contributed by atoms with van der Waals surface area (Å²) >= 11 is 0. The number of amidine groups is 1. The number of carbonyl (C=O) groups excluding carboxylic acids is 2. The molecular weight excluding hydrogens is 322 g/mol. The van der Waals surface area contributed by atoms with Crippen molar-refractivity contribution in [1.29, 1.82) is 0 Å². The normalized spacial score (nSPS) is 35.4. The number of Topliss-reactive ketones (excluding diaryl/α,β-unsaturated/α-hetero) is 1. The van der Waals surface area contributed by atoms with E-state index in [9.17, 15) is 19.8 Å². The van der Waals surface area contributed by atoms with E-state index in [0.29, 0.717) is 0 Å². The number of ketones is 1. The lowest BCUT2D eigenvalue weighted by molar-refractivity contribution is -0.123. The van der Waals surface area contributed by atoms with Crippen molar-refractivity contribution in [3.05, 3.63) is 12.3 Å². The van der Waals surface area contributed by atoms with Gasteiger partial charge in [0.1, 0.15) is 24.8 Å². The van der Waals surface area contributed by atoms with E-state index in [1.807, 2.05) is 0 Å². The number of amides is 2. The lowest BCUT2D eigenvalue weighted by Crippen LogP contribution is -2.54. The number of fused-ring (bicyclic) bond motifs is 1. The fraction of sp³-hybridized carbons (Fsp3) is 0.643. The van der Waals surface area contributed by atoms with Crippen LogP contribution in [-0.4, -0.2) is 91.8 Å². The van der Waals surface area contributed by atoms with Crippen LogP contribution >= 0.6 is 0 Å². The Bertz CT molecular complexity index is 593. The summed E-state index contributed by atoms with van der Waals surface area (Å²) < 4.78 is 5.46. The zero-order valence-corrected chi connectivity index (χ0v) is 12.7. The summed E-state index contributed by atoms with van der Waals surface area (Å²) in [4.78, 5) is 30.6. The third-order valence-electron chi connectivity index (χ3n) is 4.31. The molecule has 1 saturated heterocycles. The number of aliphatic hydroxyl groups excluding tert-OH is 4. The number of hydrogen-bond donors (Lipinski definition) is 4. The van der Waals surface area contributed by atoms with E-state index in [1.54, 1.807) is 0 Å². The van der Waals surface area contributed by atoms with E-state index < -0.39 is 49.1 Å². The summed E-state index contributed by atoms with van der Waals surface area (Å²) in [6, 6.07) is -1.46. The van der Waals surface area contributed by atoms with E-state index in [2.05, 4.69) is 4.99 Å². The summed E-state index contributed by atoms with van der Waals surface area (Å²) in [7, 11) is 0. The summed E-state index contributed by atoms with van der Waals surface area (Å²) in [5.41, 5.74) is 0. The van der Waals surface area contributed by atoms with Crippen molar-refractivity contribution in [2.45, 2.75) is 43.5 Å². The van der Waals surface area contributed by atoms with Crippen LogP contribution in [0.5, 0.6) is 0 Å². The molecule has 1 fully saturated rings. The summed E-state index contributed by atoms with van der Waals surface area (Å²) in [6.45, 7) is -1.05. The van der Waals surface area contributed by atoms with Gasteiger partial charge in [-0.05, 0) is 6.08 Å². The maximum Gasteiger partial charge on any atom is 0.332 e. The average Bonchev–Trinajstić information content (AvgIpc) is 3.08. The fourth-order valence-electron chi connectivity index (χ4n) is 3.05. The molecule has 0 radical (unpaired) electrons. The first kappa shape index (κ1) is 17.0. The number of aliphatic imine (C=N–C) groups is 1. The molecule has 0 saturated carbocycles. The molecule has 0 aromatic heterocycles. The Morgan fingerprint density at radius 1 is 1.38 bits per heavy atom. The van der Waals surface area contributed by atoms with Gasteiger partial charge in [-0.3, -0.25) is 14.6 Å². The van der Waals surface area contributed by atoms with Gasteiger partial charge >= 0.3 is 6.03 Å². The van der Waals surface area contributed by atoms with Crippen LogP contribution < -0.4 is 0 Å². The van der Waals surface area contributed by atoms with Crippen molar-refractivity contribution in [3.8, 4) is 0 Å². The molecule has 0 aromatic rings. The maximum atomic E-state index is 12.7. The Hall–Kier alpha value is -1.85. The monoisotopic (exact) mass is 341 g/mol. The van der Waals surface area contributed by atoms with Gasteiger partial charge in [-0.2, -0.15) is 0 Å². The molecule has 0 aliphatic carbocycles. The molecule has 3 aliphatic rings. The minimum absolute atomic E-state index is 0.129. The van der Waals surface area contributed by atoms with Crippen LogP contribution in [-0.2, 0) is 9.53 Å². The molecule has 10 nitrogen and oxygen atoms in total. The number of aliphatic hydroxyl groups is 4. The number of nitrogens with zero attached hydrogens (tertiary/aromatic N) is 3. The van der Waals surface area contributed by atoms with E-state index in [4.69, 9.17) is 14.9 Å². The van der Waals surface area contributed by atoms with Crippen molar-refractivity contribution >= 4 is 17.6 Å². The van der Waals surface area contributed by atoms with Crippen LogP contribution in [0.3, 0.4) is 0 Å². The number of carbonyl (C=O) groups is 2. The molecule has 4 N–H and O–H groups in total. The van der Waals surface area contributed by atoms with Gasteiger partial charge in [0, 0.05) is 19.0 Å². The largest absolute Gasteiger partial charge is 0.394 e.